The predicted molar refractivity (Wildman–Crippen MR) is 61.9 cm³/mol. The van der Waals surface area contributed by atoms with Crippen molar-refractivity contribution in [2.24, 2.45) is 5.11 Å². The van der Waals surface area contributed by atoms with E-state index < -0.39 is 5.97 Å². The molecule has 0 heterocycles. The van der Waals surface area contributed by atoms with Crippen molar-refractivity contribution < 1.29 is 14.4 Å². The number of unbranched alkanes of at least 4 members (excludes halogenated alkanes) is 1. The molecule has 7 nitrogen and oxygen atoms in total. The Kier molecular flexibility index (Phi) is 9.89. The Morgan fingerprint density at radius 3 is 2.76 bits per heavy atom. The molecule has 0 fully saturated rings. The third kappa shape index (κ3) is 10.7. The number of hydrogen-bond donors (Lipinski definition) is 1. The summed E-state index contributed by atoms with van der Waals surface area (Å²) in [6.07, 6.45) is 2.76. The molecule has 0 radical (unpaired) electrons. The predicted octanol–water partition coefficient (Wildman–Crippen LogP) is 1.88. The molecule has 17 heavy (non-hydrogen) atoms. The van der Waals surface area contributed by atoms with Crippen molar-refractivity contribution in [2.75, 3.05) is 13.1 Å². The number of rotatable bonds is 10. The minimum atomic E-state index is -0.407. The highest BCUT2D eigenvalue weighted by Crippen LogP contribution is 1.97. The maximum atomic E-state index is 11.1. The Hall–Kier alpha value is -1.59. The molecule has 0 rings (SSSR count). The van der Waals surface area contributed by atoms with E-state index in [2.05, 4.69) is 20.3 Å². The Balaban J connectivity index is 3.40. The van der Waals surface area contributed by atoms with E-state index in [-0.39, 0.29) is 18.7 Å². The maximum Gasteiger partial charge on any atom is 0.324 e. The molecular weight excluding hydrogens is 224 g/mol. The van der Waals surface area contributed by atoms with Crippen LogP contribution in [0.1, 0.15) is 39.0 Å². The third-order valence-electron chi connectivity index (χ3n) is 1.94. The normalized spacial score (nSPS) is 9.47. The molecule has 0 aliphatic heterocycles. The lowest BCUT2D eigenvalue weighted by Gasteiger charge is -2.04. The lowest BCUT2D eigenvalue weighted by atomic mass is 10.2. The second-order valence-corrected chi connectivity index (χ2v) is 3.50. The van der Waals surface area contributed by atoms with Crippen LogP contribution in [-0.4, -0.2) is 24.8 Å². The van der Waals surface area contributed by atoms with Gasteiger partial charge in [-0.05, 0) is 24.8 Å². The van der Waals surface area contributed by atoms with E-state index in [0.717, 1.165) is 6.42 Å². The van der Waals surface area contributed by atoms with Crippen molar-refractivity contribution in [2.45, 2.75) is 39.0 Å². The maximum absolute atomic E-state index is 11.1. The molecule has 96 valence electrons. The van der Waals surface area contributed by atoms with Gasteiger partial charge in [-0.25, -0.2) is 0 Å². The summed E-state index contributed by atoms with van der Waals surface area (Å²) in [5, 5.41) is 3.34. The zero-order valence-electron chi connectivity index (χ0n) is 10.0. The summed E-state index contributed by atoms with van der Waals surface area (Å²) in [5.74, 6) is -0.390. The number of hydroxylamine groups is 1. The van der Waals surface area contributed by atoms with Crippen LogP contribution in [0.3, 0.4) is 0 Å². The number of carbonyl (C=O) groups is 2. The van der Waals surface area contributed by atoms with Gasteiger partial charge in [0.2, 0.25) is 0 Å². The number of carbonyl (C=O) groups excluding carboxylic acids is 2. The van der Waals surface area contributed by atoms with Gasteiger partial charge in [0.1, 0.15) is 5.78 Å². The number of azide groups is 1. The molecule has 0 amide bonds. The van der Waals surface area contributed by atoms with E-state index in [4.69, 9.17) is 5.53 Å². The van der Waals surface area contributed by atoms with Crippen LogP contribution in [0, 0.1) is 0 Å². The van der Waals surface area contributed by atoms with Gasteiger partial charge in [-0.2, -0.15) is 0 Å². The average Bonchev–Trinajstić information content (AvgIpc) is 2.29. The molecule has 1 N–H and O–H groups in total. The van der Waals surface area contributed by atoms with Crippen LogP contribution in [0.15, 0.2) is 5.11 Å². The highest BCUT2D eigenvalue weighted by molar-refractivity contribution is 5.80. The van der Waals surface area contributed by atoms with Gasteiger partial charge in [-0.1, -0.05) is 12.0 Å². The summed E-state index contributed by atoms with van der Waals surface area (Å²) in [7, 11) is 0. The molecule has 0 spiro atoms. The summed E-state index contributed by atoms with van der Waals surface area (Å²) in [6.45, 7) is 2.35. The second-order valence-electron chi connectivity index (χ2n) is 3.50. The fraction of sp³-hybridized carbons (Fsp3) is 0.800. The Morgan fingerprint density at radius 1 is 1.35 bits per heavy atom. The number of ketones is 1. The smallest absolute Gasteiger partial charge is 0.324 e. The molecule has 0 aliphatic carbocycles. The number of nitrogens with one attached hydrogen (secondary N) is 1. The summed E-state index contributed by atoms with van der Waals surface area (Å²) in [6, 6.07) is 0. The first-order chi connectivity index (χ1) is 8.20. The summed E-state index contributed by atoms with van der Waals surface area (Å²) >= 11 is 0. The van der Waals surface area contributed by atoms with E-state index in [0.29, 0.717) is 25.8 Å². The van der Waals surface area contributed by atoms with E-state index in [9.17, 15) is 9.59 Å². The molecule has 0 unspecified atom stereocenters. The summed E-state index contributed by atoms with van der Waals surface area (Å²) in [4.78, 5) is 29.4. The van der Waals surface area contributed by atoms with Crippen LogP contribution in [0.2, 0.25) is 0 Å². The molecule has 0 aliphatic rings. The van der Waals surface area contributed by atoms with Gasteiger partial charge in [0.05, 0.1) is 6.54 Å². The van der Waals surface area contributed by atoms with Crippen molar-refractivity contribution in [3.8, 4) is 0 Å². The van der Waals surface area contributed by atoms with Gasteiger partial charge in [0.15, 0.2) is 0 Å². The first kappa shape index (κ1) is 15.4. The zero-order chi connectivity index (χ0) is 12.9. The molecule has 0 saturated carbocycles. The topological polar surface area (TPSA) is 104 Å². The fourth-order valence-corrected chi connectivity index (χ4v) is 1.11. The van der Waals surface area contributed by atoms with Crippen molar-refractivity contribution >= 4 is 11.8 Å². The number of nitrogens with zero attached hydrogens (tertiary/aromatic N) is 3. The standard InChI is InChI=1S/C10H18N4O3/c1-2-5-9(15)8-13-17-10(16)6-3-4-7-12-14-11/h13H,2-8H2,1H3. The lowest BCUT2D eigenvalue weighted by Crippen LogP contribution is -2.26. The van der Waals surface area contributed by atoms with Gasteiger partial charge in [0, 0.05) is 24.3 Å². The largest absolute Gasteiger partial charge is 0.370 e. The van der Waals surface area contributed by atoms with Crippen LogP contribution in [0.5, 0.6) is 0 Å². The van der Waals surface area contributed by atoms with E-state index in [1.54, 1.807) is 0 Å². The molecule has 0 aromatic heterocycles. The van der Waals surface area contributed by atoms with Gasteiger partial charge >= 0.3 is 5.97 Å². The van der Waals surface area contributed by atoms with Gasteiger partial charge in [-0.3, -0.25) is 9.59 Å². The van der Waals surface area contributed by atoms with Crippen LogP contribution in [0.4, 0.5) is 0 Å². The van der Waals surface area contributed by atoms with E-state index in [1.807, 2.05) is 6.92 Å². The first-order valence-corrected chi connectivity index (χ1v) is 5.65. The van der Waals surface area contributed by atoms with Crippen LogP contribution >= 0.6 is 0 Å². The van der Waals surface area contributed by atoms with Crippen molar-refractivity contribution in [1.29, 1.82) is 0 Å². The Labute approximate surface area is 100 Å². The molecular formula is C10H18N4O3. The first-order valence-electron chi connectivity index (χ1n) is 5.65. The minimum absolute atomic E-state index is 0.0173. The van der Waals surface area contributed by atoms with E-state index >= 15 is 0 Å². The van der Waals surface area contributed by atoms with Crippen LogP contribution in [0.25, 0.3) is 10.4 Å². The molecule has 0 saturated heterocycles. The number of Topliss-reactive ketones (excluding diaryl/α,β-unsaturated/α-hetero) is 1. The highest BCUT2D eigenvalue weighted by atomic mass is 16.7. The molecule has 0 atom stereocenters. The van der Waals surface area contributed by atoms with Gasteiger partial charge in [0.25, 0.3) is 0 Å². The molecule has 0 aromatic rings. The fourth-order valence-electron chi connectivity index (χ4n) is 1.11. The average molecular weight is 242 g/mol. The van der Waals surface area contributed by atoms with Crippen molar-refractivity contribution in [3.63, 3.8) is 0 Å². The highest BCUT2D eigenvalue weighted by Gasteiger charge is 2.04. The molecule has 0 aromatic carbocycles. The third-order valence-corrected chi connectivity index (χ3v) is 1.94. The SMILES string of the molecule is CCCC(=O)CNOC(=O)CCCCN=[N+]=[N-]. The minimum Gasteiger partial charge on any atom is -0.370 e. The Morgan fingerprint density at radius 2 is 2.12 bits per heavy atom. The quantitative estimate of drug-likeness (QED) is 0.207. The zero-order valence-corrected chi connectivity index (χ0v) is 10.0. The summed E-state index contributed by atoms with van der Waals surface area (Å²) in [5.41, 5.74) is 10.4. The van der Waals surface area contributed by atoms with Crippen LogP contribution in [-0.2, 0) is 14.4 Å². The monoisotopic (exact) mass is 242 g/mol. The van der Waals surface area contributed by atoms with Gasteiger partial charge in [-0.15, -0.1) is 5.48 Å². The van der Waals surface area contributed by atoms with Crippen molar-refractivity contribution in [3.05, 3.63) is 10.4 Å². The lowest BCUT2D eigenvalue weighted by molar-refractivity contribution is -0.151. The van der Waals surface area contributed by atoms with Crippen molar-refractivity contribution in [1.82, 2.24) is 5.48 Å². The second kappa shape index (κ2) is 10.9. The van der Waals surface area contributed by atoms with E-state index in [1.165, 1.54) is 0 Å². The van der Waals surface area contributed by atoms with Gasteiger partial charge < -0.3 is 4.84 Å². The van der Waals surface area contributed by atoms with Crippen LogP contribution < -0.4 is 5.48 Å². The molecule has 7 heteroatoms. The number of hydrogen-bond acceptors (Lipinski definition) is 5. The molecule has 0 bridgehead atoms. The Bertz CT molecular complexity index is 287. The summed E-state index contributed by atoms with van der Waals surface area (Å²) < 4.78 is 0.